The lowest BCUT2D eigenvalue weighted by Gasteiger charge is -2.10. The SMILES string of the molecule is Oc1cc2c(cc1C(F)F)OCCCO2. The summed E-state index contributed by atoms with van der Waals surface area (Å²) >= 11 is 0. The Kier molecular flexibility index (Phi) is 2.62. The van der Waals surface area contributed by atoms with E-state index in [1.54, 1.807) is 0 Å². The van der Waals surface area contributed by atoms with Crippen molar-refractivity contribution in [1.29, 1.82) is 0 Å². The lowest BCUT2D eigenvalue weighted by atomic mass is 10.2. The molecule has 82 valence electrons. The maximum atomic E-state index is 12.4. The highest BCUT2D eigenvalue weighted by Gasteiger charge is 2.19. The first-order valence-corrected chi connectivity index (χ1v) is 4.59. The third kappa shape index (κ3) is 1.95. The van der Waals surface area contributed by atoms with Crippen molar-refractivity contribution in [2.24, 2.45) is 0 Å². The summed E-state index contributed by atoms with van der Waals surface area (Å²) in [7, 11) is 0. The fourth-order valence-corrected chi connectivity index (χ4v) is 1.39. The molecule has 15 heavy (non-hydrogen) atoms. The molecule has 2 rings (SSSR count). The van der Waals surface area contributed by atoms with Gasteiger partial charge in [-0.05, 0) is 6.07 Å². The van der Waals surface area contributed by atoms with Gasteiger partial charge in [0.05, 0.1) is 18.8 Å². The molecule has 0 saturated heterocycles. The number of phenols is 1. The molecule has 1 heterocycles. The van der Waals surface area contributed by atoms with Crippen LogP contribution in [0.1, 0.15) is 18.4 Å². The van der Waals surface area contributed by atoms with Crippen LogP contribution in [-0.2, 0) is 0 Å². The van der Waals surface area contributed by atoms with Gasteiger partial charge in [-0.3, -0.25) is 0 Å². The van der Waals surface area contributed by atoms with E-state index in [0.717, 1.165) is 6.07 Å². The van der Waals surface area contributed by atoms with Gasteiger partial charge in [0, 0.05) is 12.5 Å². The normalized spacial score (nSPS) is 15.1. The van der Waals surface area contributed by atoms with Crippen molar-refractivity contribution >= 4 is 0 Å². The molecule has 0 atom stereocenters. The van der Waals surface area contributed by atoms with Gasteiger partial charge >= 0.3 is 0 Å². The van der Waals surface area contributed by atoms with E-state index in [9.17, 15) is 13.9 Å². The Morgan fingerprint density at radius 2 is 1.73 bits per heavy atom. The van der Waals surface area contributed by atoms with Gasteiger partial charge in [-0.15, -0.1) is 0 Å². The fourth-order valence-electron chi connectivity index (χ4n) is 1.39. The zero-order valence-electron chi connectivity index (χ0n) is 7.87. The van der Waals surface area contributed by atoms with Crippen LogP contribution in [0.5, 0.6) is 17.2 Å². The first-order chi connectivity index (χ1) is 7.18. The standard InChI is InChI=1S/C10H10F2O3/c11-10(12)6-4-8-9(5-7(6)13)15-3-1-2-14-8/h4-5,10,13H,1-3H2. The molecule has 5 heteroatoms. The number of fused-ring (bicyclic) bond motifs is 1. The molecule has 0 aliphatic carbocycles. The summed E-state index contributed by atoms with van der Waals surface area (Å²) < 4.78 is 35.3. The summed E-state index contributed by atoms with van der Waals surface area (Å²) in [4.78, 5) is 0. The van der Waals surface area contributed by atoms with E-state index in [0.29, 0.717) is 25.4 Å². The minimum atomic E-state index is -2.72. The van der Waals surface area contributed by atoms with Crippen LogP contribution in [0.4, 0.5) is 8.78 Å². The first-order valence-electron chi connectivity index (χ1n) is 4.59. The second-order valence-electron chi connectivity index (χ2n) is 3.21. The van der Waals surface area contributed by atoms with Crippen LogP contribution in [0.2, 0.25) is 0 Å². The van der Waals surface area contributed by atoms with Crippen LogP contribution in [0.25, 0.3) is 0 Å². The summed E-state index contributed by atoms with van der Waals surface area (Å²) in [6.07, 6.45) is -2.03. The highest BCUT2D eigenvalue weighted by Crippen LogP contribution is 2.39. The molecule has 1 aromatic carbocycles. The number of benzene rings is 1. The Morgan fingerprint density at radius 3 is 2.33 bits per heavy atom. The Morgan fingerprint density at radius 1 is 1.13 bits per heavy atom. The van der Waals surface area contributed by atoms with Crippen molar-refractivity contribution < 1.29 is 23.4 Å². The number of hydrogen-bond acceptors (Lipinski definition) is 3. The fraction of sp³-hybridized carbons (Fsp3) is 0.400. The van der Waals surface area contributed by atoms with Gasteiger partial charge in [0.2, 0.25) is 0 Å². The molecule has 0 bridgehead atoms. The maximum Gasteiger partial charge on any atom is 0.267 e. The summed E-state index contributed by atoms with van der Waals surface area (Å²) in [5.41, 5.74) is -0.431. The molecule has 1 aliphatic rings. The number of alkyl halides is 2. The molecule has 0 spiro atoms. The van der Waals surface area contributed by atoms with Crippen molar-refractivity contribution in [1.82, 2.24) is 0 Å². The van der Waals surface area contributed by atoms with Gasteiger partial charge < -0.3 is 14.6 Å². The molecule has 0 saturated carbocycles. The summed E-state index contributed by atoms with van der Waals surface area (Å²) in [5.74, 6) is 0.115. The Hall–Kier alpha value is -1.52. The Labute approximate surface area is 85.2 Å². The summed E-state index contributed by atoms with van der Waals surface area (Å²) in [6, 6.07) is 2.29. The van der Waals surface area contributed by atoms with Gasteiger partial charge in [0.25, 0.3) is 6.43 Å². The topological polar surface area (TPSA) is 38.7 Å². The number of ether oxygens (including phenoxy) is 2. The predicted octanol–water partition coefficient (Wildman–Crippen LogP) is 2.49. The van der Waals surface area contributed by atoms with E-state index in [1.165, 1.54) is 6.07 Å². The average molecular weight is 216 g/mol. The average Bonchev–Trinajstić information content (AvgIpc) is 2.40. The zero-order chi connectivity index (χ0) is 10.8. The molecule has 0 unspecified atom stereocenters. The van der Waals surface area contributed by atoms with Gasteiger partial charge in [0.1, 0.15) is 5.75 Å². The van der Waals surface area contributed by atoms with Crippen molar-refractivity contribution in [2.45, 2.75) is 12.8 Å². The van der Waals surface area contributed by atoms with E-state index in [1.807, 2.05) is 0 Å². The predicted molar refractivity (Wildman–Crippen MR) is 48.7 cm³/mol. The van der Waals surface area contributed by atoms with E-state index < -0.39 is 17.7 Å². The molecule has 0 fully saturated rings. The third-order valence-electron chi connectivity index (χ3n) is 2.13. The number of phenolic OH excluding ortho intramolecular Hbond substituents is 1. The minimum absolute atomic E-state index is 0.264. The monoisotopic (exact) mass is 216 g/mol. The van der Waals surface area contributed by atoms with E-state index in [-0.39, 0.29) is 5.75 Å². The van der Waals surface area contributed by atoms with Gasteiger partial charge in [-0.1, -0.05) is 0 Å². The molecule has 0 amide bonds. The van der Waals surface area contributed by atoms with Crippen molar-refractivity contribution in [3.8, 4) is 17.2 Å². The van der Waals surface area contributed by atoms with Crippen LogP contribution in [0, 0.1) is 0 Å². The number of halogens is 2. The molecule has 0 aromatic heterocycles. The molecule has 0 radical (unpaired) electrons. The second-order valence-corrected chi connectivity index (χ2v) is 3.21. The molecular weight excluding hydrogens is 206 g/mol. The van der Waals surface area contributed by atoms with Crippen molar-refractivity contribution in [3.05, 3.63) is 17.7 Å². The molecule has 1 aliphatic heterocycles. The molecule has 1 aromatic rings. The summed E-state index contributed by atoms with van der Waals surface area (Å²) in [6.45, 7) is 0.890. The highest BCUT2D eigenvalue weighted by atomic mass is 19.3. The highest BCUT2D eigenvalue weighted by molar-refractivity contribution is 5.50. The van der Waals surface area contributed by atoms with Crippen LogP contribution in [-0.4, -0.2) is 18.3 Å². The van der Waals surface area contributed by atoms with Crippen molar-refractivity contribution in [2.75, 3.05) is 13.2 Å². The van der Waals surface area contributed by atoms with E-state index >= 15 is 0 Å². The molecular formula is C10H10F2O3. The smallest absolute Gasteiger partial charge is 0.267 e. The van der Waals surface area contributed by atoms with Crippen LogP contribution < -0.4 is 9.47 Å². The van der Waals surface area contributed by atoms with E-state index in [4.69, 9.17) is 9.47 Å². The van der Waals surface area contributed by atoms with Crippen LogP contribution >= 0.6 is 0 Å². The third-order valence-corrected chi connectivity index (χ3v) is 2.13. The summed E-state index contributed by atoms with van der Waals surface area (Å²) in [5, 5.41) is 9.31. The number of hydrogen-bond donors (Lipinski definition) is 1. The lowest BCUT2D eigenvalue weighted by Crippen LogP contribution is -1.97. The van der Waals surface area contributed by atoms with Crippen LogP contribution in [0.3, 0.4) is 0 Å². The van der Waals surface area contributed by atoms with Gasteiger partial charge in [-0.25, -0.2) is 8.78 Å². The number of rotatable bonds is 1. The molecule has 3 nitrogen and oxygen atoms in total. The lowest BCUT2D eigenvalue weighted by molar-refractivity contribution is 0.147. The number of aromatic hydroxyl groups is 1. The van der Waals surface area contributed by atoms with Crippen LogP contribution in [0.15, 0.2) is 12.1 Å². The quantitative estimate of drug-likeness (QED) is 0.783. The Bertz CT molecular complexity index is 366. The first kappa shape index (κ1) is 10.0. The van der Waals surface area contributed by atoms with Gasteiger partial charge in [0.15, 0.2) is 11.5 Å². The maximum absolute atomic E-state index is 12.4. The Balaban J connectivity index is 2.42. The largest absolute Gasteiger partial charge is 0.507 e. The minimum Gasteiger partial charge on any atom is -0.507 e. The van der Waals surface area contributed by atoms with Gasteiger partial charge in [-0.2, -0.15) is 0 Å². The molecule has 1 N–H and O–H groups in total. The van der Waals surface area contributed by atoms with Crippen molar-refractivity contribution in [3.63, 3.8) is 0 Å². The second kappa shape index (κ2) is 3.92. The van der Waals surface area contributed by atoms with E-state index in [2.05, 4.69) is 0 Å². The zero-order valence-corrected chi connectivity index (χ0v) is 7.87.